The minimum atomic E-state index is -0.0449. The minimum absolute atomic E-state index is 0.0449. The maximum Gasteiger partial charge on any atom is 0.154 e. The van der Waals surface area contributed by atoms with Crippen molar-refractivity contribution < 1.29 is 4.79 Å². The van der Waals surface area contributed by atoms with Gasteiger partial charge in [0.2, 0.25) is 0 Å². The predicted octanol–water partition coefficient (Wildman–Crippen LogP) is 4.90. The van der Waals surface area contributed by atoms with Gasteiger partial charge in [-0.1, -0.05) is 81.4 Å². The number of piperidine rings is 3. The van der Waals surface area contributed by atoms with Crippen molar-refractivity contribution in [1.29, 1.82) is 0 Å². The molecule has 0 amide bonds. The van der Waals surface area contributed by atoms with Gasteiger partial charge < -0.3 is 0 Å². The lowest BCUT2D eigenvalue weighted by Crippen LogP contribution is -2.64. The van der Waals surface area contributed by atoms with E-state index in [2.05, 4.69) is 86.3 Å². The Hall–Kier alpha value is -1.93. The van der Waals surface area contributed by atoms with Gasteiger partial charge in [-0.15, -0.1) is 0 Å². The van der Waals surface area contributed by atoms with Gasteiger partial charge >= 0.3 is 0 Å². The number of hydrogen-bond acceptors (Lipinski definition) is 2. The Morgan fingerprint density at radius 2 is 1.46 bits per heavy atom. The van der Waals surface area contributed by atoms with Crippen molar-refractivity contribution in [2.75, 3.05) is 6.54 Å². The Kier molecular flexibility index (Phi) is 4.48. The summed E-state index contributed by atoms with van der Waals surface area (Å²) in [5.41, 5.74) is 2.68. The molecule has 3 fully saturated rings. The van der Waals surface area contributed by atoms with Crippen LogP contribution >= 0.6 is 0 Å². The summed E-state index contributed by atoms with van der Waals surface area (Å²) in [6.07, 6.45) is 2.05. The molecule has 0 radical (unpaired) electrons. The van der Waals surface area contributed by atoms with Crippen LogP contribution in [0.1, 0.15) is 50.7 Å². The Labute approximate surface area is 157 Å². The molecule has 26 heavy (non-hydrogen) atoms. The van der Waals surface area contributed by atoms with Gasteiger partial charge in [0.15, 0.2) is 5.78 Å². The monoisotopic (exact) mass is 347 g/mol. The Balaban J connectivity index is 1.81. The lowest BCUT2D eigenvalue weighted by Gasteiger charge is -2.55. The second-order valence-electron chi connectivity index (χ2n) is 8.99. The summed E-state index contributed by atoms with van der Waals surface area (Å²) in [5.74, 6) is 0.788. The summed E-state index contributed by atoms with van der Waals surface area (Å²) in [5, 5.41) is 0. The second-order valence-corrected chi connectivity index (χ2v) is 8.99. The largest absolute Gasteiger partial charge is 0.298 e. The molecule has 2 nitrogen and oxygen atoms in total. The highest BCUT2D eigenvalue weighted by Crippen LogP contribution is 2.46. The van der Waals surface area contributed by atoms with Crippen molar-refractivity contribution in [3.05, 3.63) is 71.8 Å². The lowest BCUT2D eigenvalue weighted by atomic mass is 9.66. The minimum Gasteiger partial charge on any atom is -0.298 e. The molecule has 2 aromatic rings. The summed E-state index contributed by atoms with van der Waals surface area (Å²) in [6, 6.07) is 21.6. The SMILES string of the molecule is CC(C)(C)C1CC2CCN1C(C(c1ccccc1)c1ccccc1)C2=O. The third kappa shape index (κ3) is 3.01. The summed E-state index contributed by atoms with van der Waals surface area (Å²) < 4.78 is 0. The number of carbonyl (C=O) groups is 1. The van der Waals surface area contributed by atoms with Crippen LogP contribution in [-0.4, -0.2) is 29.3 Å². The van der Waals surface area contributed by atoms with Crippen molar-refractivity contribution in [2.45, 2.75) is 51.6 Å². The van der Waals surface area contributed by atoms with Gasteiger partial charge in [0.25, 0.3) is 0 Å². The Morgan fingerprint density at radius 3 is 1.96 bits per heavy atom. The fraction of sp³-hybridized carbons (Fsp3) is 0.458. The number of nitrogens with zero attached hydrogens (tertiary/aromatic N) is 1. The highest BCUT2D eigenvalue weighted by Gasteiger charge is 2.52. The van der Waals surface area contributed by atoms with Gasteiger partial charge in [0.05, 0.1) is 6.04 Å². The molecule has 3 aliphatic rings. The highest BCUT2D eigenvalue weighted by molar-refractivity contribution is 5.89. The molecular formula is C24H29NO. The van der Waals surface area contributed by atoms with Gasteiger partial charge in [-0.3, -0.25) is 9.69 Å². The Bertz CT molecular complexity index is 722. The predicted molar refractivity (Wildman–Crippen MR) is 106 cm³/mol. The van der Waals surface area contributed by atoms with Gasteiger partial charge in [0, 0.05) is 17.9 Å². The van der Waals surface area contributed by atoms with Crippen LogP contribution in [0.3, 0.4) is 0 Å². The molecule has 0 aliphatic carbocycles. The van der Waals surface area contributed by atoms with E-state index in [0.29, 0.717) is 11.8 Å². The molecule has 0 N–H and O–H groups in total. The summed E-state index contributed by atoms with van der Waals surface area (Å²) in [6.45, 7) is 8.00. The zero-order valence-electron chi connectivity index (χ0n) is 16.1. The first-order valence-electron chi connectivity index (χ1n) is 9.86. The van der Waals surface area contributed by atoms with Crippen LogP contribution in [0.2, 0.25) is 0 Å². The maximum absolute atomic E-state index is 13.4. The van der Waals surface area contributed by atoms with Crippen LogP contribution in [0, 0.1) is 11.3 Å². The van der Waals surface area contributed by atoms with E-state index in [1.54, 1.807) is 0 Å². The first-order valence-corrected chi connectivity index (χ1v) is 9.86. The van der Waals surface area contributed by atoms with E-state index < -0.39 is 0 Å². The molecule has 2 heteroatoms. The van der Waals surface area contributed by atoms with E-state index in [0.717, 1.165) is 19.4 Å². The molecule has 3 aliphatic heterocycles. The third-order valence-electron chi connectivity index (χ3n) is 6.33. The average molecular weight is 348 g/mol. The van der Waals surface area contributed by atoms with Crippen molar-refractivity contribution >= 4 is 5.78 Å². The zero-order valence-corrected chi connectivity index (χ0v) is 16.1. The van der Waals surface area contributed by atoms with E-state index in [9.17, 15) is 4.79 Å². The maximum atomic E-state index is 13.4. The molecular weight excluding hydrogens is 318 g/mol. The summed E-state index contributed by atoms with van der Waals surface area (Å²) in [4.78, 5) is 15.9. The molecule has 4 unspecified atom stereocenters. The summed E-state index contributed by atoms with van der Waals surface area (Å²) in [7, 11) is 0. The number of ketones is 1. The van der Waals surface area contributed by atoms with Gasteiger partial charge in [0.1, 0.15) is 0 Å². The number of fused-ring (bicyclic) bond motifs is 3. The molecule has 2 bridgehead atoms. The molecule has 0 spiro atoms. The first-order chi connectivity index (χ1) is 12.5. The fourth-order valence-corrected chi connectivity index (χ4v) is 5.06. The van der Waals surface area contributed by atoms with E-state index in [-0.39, 0.29) is 23.3 Å². The number of carbonyl (C=O) groups excluding carboxylic acids is 1. The smallest absolute Gasteiger partial charge is 0.154 e. The van der Waals surface area contributed by atoms with Crippen molar-refractivity contribution in [2.24, 2.45) is 11.3 Å². The van der Waals surface area contributed by atoms with Gasteiger partial charge in [-0.2, -0.15) is 0 Å². The number of hydrogen-bond donors (Lipinski definition) is 0. The van der Waals surface area contributed by atoms with Crippen LogP contribution in [0.15, 0.2) is 60.7 Å². The van der Waals surface area contributed by atoms with E-state index in [1.165, 1.54) is 11.1 Å². The molecule has 5 rings (SSSR count). The van der Waals surface area contributed by atoms with Crippen LogP contribution in [0.25, 0.3) is 0 Å². The summed E-state index contributed by atoms with van der Waals surface area (Å²) >= 11 is 0. The molecule has 3 heterocycles. The Morgan fingerprint density at radius 1 is 0.923 bits per heavy atom. The van der Waals surface area contributed by atoms with Crippen LogP contribution in [0.4, 0.5) is 0 Å². The molecule has 2 aromatic carbocycles. The van der Waals surface area contributed by atoms with E-state index in [1.807, 2.05) is 0 Å². The molecule has 3 saturated heterocycles. The topological polar surface area (TPSA) is 20.3 Å². The average Bonchev–Trinajstić information content (AvgIpc) is 2.65. The van der Waals surface area contributed by atoms with Gasteiger partial charge in [-0.05, 0) is 35.9 Å². The lowest BCUT2D eigenvalue weighted by molar-refractivity contribution is -0.146. The number of Topliss-reactive ketones (excluding diaryl/α,β-unsaturated/α-hetero) is 1. The second kappa shape index (κ2) is 6.66. The number of benzene rings is 2. The van der Waals surface area contributed by atoms with E-state index in [4.69, 9.17) is 0 Å². The highest BCUT2D eigenvalue weighted by atomic mass is 16.1. The fourth-order valence-electron chi connectivity index (χ4n) is 5.06. The van der Waals surface area contributed by atoms with Gasteiger partial charge in [-0.25, -0.2) is 0 Å². The molecule has 0 aromatic heterocycles. The van der Waals surface area contributed by atoms with Crippen LogP contribution < -0.4 is 0 Å². The third-order valence-corrected chi connectivity index (χ3v) is 6.33. The molecule has 4 atom stereocenters. The van der Waals surface area contributed by atoms with Crippen molar-refractivity contribution in [1.82, 2.24) is 4.90 Å². The van der Waals surface area contributed by atoms with Crippen molar-refractivity contribution in [3.8, 4) is 0 Å². The normalized spacial score (nSPS) is 28.5. The van der Waals surface area contributed by atoms with E-state index >= 15 is 0 Å². The van der Waals surface area contributed by atoms with Crippen molar-refractivity contribution in [3.63, 3.8) is 0 Å². The standard InChI is InChI=1S/C24H29NO/c1-24(2,3)20-16-19-14-15-25(20)22(23(19)26)21(17-10-6-4-7-11-17)18-12-8-5-9-13-18/h4-13,19-22H,14-16H2,1-3H3. The van der Waals surface area contributed by atoms with Crippen LogP contribution in [-0.2, 0) is 4.79 Å². The molecule has 136 valence electrons. The first kappa shape index (κ1) is 17.5. The zero-order chi connectivity index (χ0) is 18.3. The quantitative estimate of drug-likeness (QED) is 0.787. The van der Waals surface area contributed by atoms with Crippen LogP contribution in [0.5, 0.6) is 0 Å². The molecule has 0 saturated carbocycles. The number of rotatable bonds is 3.